The lowest BCUT2D eigenvalue weighted by Crippen LogP contribution is -2.27. The summed E-state index contributed by atoms with van der Waals surface area (Å²) in [6, 6.07) is 18.1. The number of benzene rings is 4. The second-order valence-corrected chi connectivity index (χ2v) is 12.9. The van der Waals surface area contributed by atoms with E-state index in [0.29, 0.717) is 0 Å². The van der Waals surface area contributed by atoms with Crippen LogP contribution in [0.25, 0.3) is 11.1 Å². The van der Waals surface area contributed by atoms with E-state index in [9.17, 15) is 28.8 Å². The number of fused-ring (bicyclic) bond motifs is 4. The maximum absolute atomic E-state index is 14.2. The van der Waals surface area contributed by atoms with E-state index in [1.54, 1.807) is 31.2 Å². The van der Waals surface area contributed by atoms with Crippen molar-refractivity contribution in [1.82, 2.24) is 0 Å². The van der Waals surface area contributed by atoms with E-state index in [1.807, 2.05) is 0 Å². The summed E-state index contributed by atoms with van der Waals surface area (Å²) >= 11 is 17.1. The standard InChI is InChI=1S/C34H21Cl3N2O8/c1-2-46-32(44)38-22-13-11-16(24-26(22)30(42)20-9-5-3-7-18(20)28(24)40)17-12-14-23(39-33(45)47-15-34(35,36)37)27-25(17)29(41)19-8-4-6-10-21(19)31(27)43/h3-14H,2,15H2,1H3,(H,38,44)(H,39,45). The molecule has 2 aliphatic rings. The fourth-order valence-electron chi connectivity index (χ4n) is 5.67. The van der Waals surface area contributed by atoms with Crippen LogP contribution in [0.2, 0.25) is 0 Å². The van der Waals surface area contributed by atoms with Crippen molar-refractivity contribution < 1.29 is 38.2 Å². The molecular weight excluding hydrogens is 671 g/mol. The molecule has 2 aliphatic carbocycles. The lowest BCUT2D eigenvalue weighted by Gasteiger charge is -2.26. The van der Waals surface area contributed by atoms with Gasteiger partial charge in [0.1, 0.15) is 6.61 Å². The Morgan fingerprint density at radius 1 is 0.553 bits per heavy atom. The Kier molecular flexibility index (Phi) is 8.35. The molecule has 10 nitrogen and oxygen atoms in total. The van der Waals surface area contributed by atoms with Gasteiger partial charge in [0, 0.05) is 33.4 Å². The lowest BCUT2D eigenvalue weighted by molar-refractivity contribution is 0.0978. The van der Waals surface area contributed by atoms with Crippen LogP contribution < -0.4 is 10.6 Å². The number of anilines is 2. The molecule has 4 aromatic rings. The fraction of sp³-hybridized carbons (Fsp3) is 0.118. The number of amides is 2. The molecular formula is C34H21Cl3N2O8. The third kappa shape index (κ3) is 5.76. The summed E-state index contributed by atoms with van der Waals surface area (Å²) in [5.41, 5.74) is 0.166. The molecule has 0 spiro atoms. The summed E-state index contributed by atoms with van der Waals surface area (Å²) in [6.45, 7) is 1.07. The summed E-state index contributed by atoms with van der Waals surface area (Å²) in [5.74, 6) is -2.24. The average molecular weight is 692 g/mol. The minimum atomic E-state index is -1.90. The van der Waals surface area contributed by atoms with Crippen LogP contribution in [0.1, 0.15) is 70.6 Å². The first kappa shape index (κ1) is 31.9. The van der Waals surface area contributed by atoms with Crippen LogP contribution >= 0.6 is 34.8 Å². The predicted octanol–water partition coefficient (Wildman–Crippen LogP) is 7.39. The summed E-state index contributed by atoms with van der Waals surface area (Å²) in [7, 11) is 0. The molecule has 0 unspecified atom stereocenters. The normalized spacial score (nSPS) is 13.2. The number of rotatable bonds is 5. The third-order valence-corrected chi connectivity index (χ3v) is 7.88. The highest BCUT2D eigenvalue weighted by Crippen LogP contribution is 2.43. The largest absolute Gasteiger partial charge is 0.450 e. The highest BCUT2D eigenvalue weighted by molar-refractivity contribution is 6.67. The molecule has 0 saturated carbocycles. The third-order valence-electron chi connectivity index (χ3n) is 7.56. The monoisotopic (exact) mass is 690 g/mol. The van der Waals surface area contributed by atoms with Gasteiger partial charge in [-0.15, -0.1) is 0 Å². The van der Waals surface area contributed by atoms with E-state index in [1.165, 1.54) is 48.5 Å². The Morgan fingerprint density at radius 2 is 0.915 bits per heavy atom. The van der Waals surface area contributed by atoms with Crippen LogP contribution in [0.3, 0.4) is 0 Å². The van der Waals surface area contributed by atoms with Crippen LogP contribution in [0, 0.1) is 0 Å². The van der Waals surface area contributed by atoms with E-state index in [-0.39, 0.29) is 73.6 Å². The van der Waals surface area contributed by atoms with Crippen LogP contribution in [0.15, 0.2) is 72.8 Å². The zero-order valence-corrected chi connectivity index (χ0v) is 26.5. The molecule has 0 fully saturated rings. The second-order valence-electron chi connectivity index (χ2n) is 10.4. The smallest absolute Gasteiger partial charge is 0.411 e. The van der Waals surface area contributed by atoms with E-state index >= 15 is 0 Å². The minimum Gasteiger partial charge on any atom is -0.450 e. The predicted molar refractivity (Wildman–Crippen MR) is 174 cm³/mol. The number of ether oxygens (including phenoxy) is 2. The number of nitrogens with one attached hydrogen (secondary N) is 2. The van der Waals surface area contributed by atoms with E-state index in [4.69, 9.17) is 44.3 Å². The molecule has 0 bridgehead atoms. The van der Waals surface area contributed by atoms with Gasteiger partial charge in [0.05, 0.1) is 29.1 Å². The zero-order valence-electron chi connectivity index (χ0n) is 24.2. The second kappa shape index (κ2) is 12.3. The van der Waals surface area contributed by atoms with Gasteiger partial charge in [-0.05, 0) is 30.2 Å². The number of hydrogen-bond acceptors (Lipinski definition) is 8. The van der Waals surface area contributed by atoms with Crippen LogP contribution in [-0.2, 0) is 9.47 Å². The first-order valence-corrected chi connectivity index (χ1v) is 15.2. The van der Waals surface area contributed by atoms with Crippen molar-refractivity contribution in [3.8, 4) is 11.1 Å². The van der Waals surface area contributed by atoms with Crippen molar-refractivity contribution in [3.05, 3.63) is 117 Å². The Bertz CT molecular complexity index is 2070. The molecule has 2 amide bonds. The Labute approximate surface area is 281 Å². The molecule has 13 heteroatoms. The Morgan fingerprint density at radius 3 is 1.28 bits per heavy atom. The summed E-state index contributed by atoms with van der Waals surface area (Å²) in [4.78, 5) is 81.3. The molecule has 236 valence electrons. The maximum atomic E-state index is 14.2. The Hall–Kier alpha value is -5.03. The van der Waals surface area contributed by atoms with Gasteiger partial charge >= 0.3 is 12.2 Å². The zero-order chi connectivity index (χ0) is 33.6. The van der Waals surface area contributed by atoms with Gasteiger partial charge in [-0.2, -0.15) is 0 Å². The van der Waals surface area contributed by atoms with Crippen LogP contribution in [0.4, 0.5) is 21.0 Å². The van der Waals surface area contributed by atoms with E-state index in [2.05, 4.69) is 10.6 Å². The summed E-state index contributed by atoms with van der Waals surface area (Å²) < 4.78 is 8.08. The first-order chi connectivity index (χ1) is 22.4. The molecule has 0 saturated heterocycles. The SMILES string of the molecule is CCOC(=O)Nc1ccc(-c2ccc(NC(=O)OCC(Cl)(Cl)Cl)c3c2C(=O)c2ccccc2C3=O)c2c1C(=O)c1ccccc1C2=O. The number of halogens is 3. The van der Waals surface area contributed by atoms with Gasteiger partial charge in [0.15, 0.2) is 23.1 Å². The molecule has 2 N–H and O–H groups in total. The Balaban J connectivity index is 1.58. The number of hydrogen-bond donors (Lipinski definition) is 2. The minimum absolute atomic E-state index is 0.0200. The van der Waals surface area contributed by atoms with E-state index in [0.717, 1.165) is 0 Å². The van der Waals surface area contributed by atoms with Crippen molar-refractivity contribution in [1.29, 1.82) is 0 Å². The molecule has 0 heterocycles. The number of carbonyl (C=O) groups excluding carboxylic acids is 6. The number of ketones is 4. The lowest BCUT2D eigenvalue weighted by atomic mass is 9.75. The molecule has 47 heavy (non-hydrogen) atoms. The molecule has 0 atom stereocenters. The van der Waals surface area contributed by atoms with Gasteiger partial charge in [0.2, 0.25) is 3.79 Å². The van der Waals surface area contributed by atoms with Crippen molar-refractivity contribution in [2.75, 3.05) is 23.8 Å². The van der Waals surface area contributed by atoms with E-state index < -0.39 is 45.7 Å². The fourth-order valence-corrected chi connectivity index (χ4v) is 5.84. The van der Waals surface area contributed by atoms with Gasteiger partial charge in [-0.3, -0.25) is 29.8 Å². The molecule has 0 aromatic heterocycles. The quantitative estimate of drug-likeness (QED) is 0.178. The highest BCUT2D eigenvalue weighted by Gasteiger charge is 2.39. The summed E-state index contributed by atoms with van der Waals surface area (Å²) in [6.07, 6.45) is -1.90. The van der Waals surface area contributed by atoms with Crippen molar-refractivity contribution in [2.45, 2.75) is 10.7 Å². The van der Waals surface area contributed by atoms with Crippen LogP contribution in [0.5, 0.6) is 0 Å². The molecule has 0 aliphatic heterocycles. The highest BCUT2D eigenvalue weighted by atomic mass is 35.6. The van der Waals surface area contributed by atoms with Crippen molar-refractivity contribution in [2.24, 2.45) is 0 Å². The molecule has 0 radical (unpaired) electrons. The average Bonchev–Trinajstić information content (AvgIpc) is 3.04. The van der Waals surface area contributed by atoms with Gasteiger partial charge in [-0.1, -0.05) is 95.5 Å². The number of carbonyl (C=O) groups is 6. The van der Waals surface area contributed by atoms with Crippen LogP contribution in [-0.4, -0.2) is 52.3 Å². The van der Waals surface area contributed by atoms with Gasteiger partial charge in [-0.25, -0.2) is 9.59 Å². The summed E-state index contributed by atoms with van der Waals surface area (Å²) in [5, 5.41) is 4.98. The topological polar surface area (TPSA) is 145 Å². The van der Waals surface area contributed by atoms with Gasteiger partial charge in [0.25, 0.3) is 0 Å². The van der Waals surface area contributed by atoms with Crippen molar-refractivity contribution in [3.63, 3.8) is 0 Å². The number of alkyl halides is 3. The molecule has 6 rings (SSSR count). The molecule has 4 aromatic carbocycles. The first-order valence-electron chi connectivity index (χ1n) is 14.1. The van der Waals surface area contributed by atoms with Gasteiger partial charge < -0.3 is 9.47 Å². The maximum Gasteiger partial charge on any atom is 0.411 e. The van der Waals surface area contributed by atoms with Crippen molar-refractivity contribution >= 4 is 81.5 Å².